The summed E-state index contributed by atoms with van der Waals surface area (Å²) in [6, 6.07) is 6.28. The van der Waals surface area contributed by atoms with Crippen LogP contribution >= 0.6 is 0 Å². The van der Waals surface area contributed by atoms with Crippen molar-refractivity contribution >= 4 is 16.8 Å². The molecular formula is C17H18F3N3O. The third-order valence-corrected chi connectivity index (χ3v) is 4.91. The maximum Gasteiger partial charge on any atom is 0.489 e. The maximum absolute atomic E-state index is 13.5. The number of alkyl halides is 3. The molecule has 0 aliphatic carbocycles. The van der Waals surface area contributed by atoms with Crippen LogP contribution in [0.2, 0.25) is 0 Å². The first-order chi connectivity index (χ1) is 11.5. The van der Waals surface area contributed by atoms with E-state index in [4.69, 9.17) is 0 Å². The number of hydrogen-bond donors (Lipinski definition) is 0. The van der Waals surface area contributed by atoms with Crippen molar-refractivity contribution in [3.05, 3.63) is 35.5 Å². The number of amides is 1. The molecule has 7 heteroatoms. The van der Waals surface area contributed by atoms with E-state index in [1.807, 2.05) is 5.01 Å². The zero-order valence-electron chi connectivity index (χ0n) is 13.1. The zero-order valence-corrected chi connectivity index (χ0v) is 13.1. The zero-order chi connectivity index (χ0) is 16.9. The molecule has 2 aliphatic heterocycles. The highest BCUT2D eigenvalue weighted by molar-refractivity contribution is 6.09. The molecule has 24 heavy (non-hydrogen) atoms. The summed E-state index contributed by atoms with van der Waals surface area (Å²) in [6.07, 6.45) is -1.15. The van der Waals surface area contributed by atoms with Crippen molar-refractivity contribution in [1.82, 2.24) is 14.6 Å². The van der Waals surface area contributed by atoms with Crippen LogP contribution in [-0.2, 0) is 12.7 Å². The largest absolute Gasteiger partial charge is 0.489 e. The van der Waals surface area contributed by atoms with Crippen molar-refractivity contribution in [2.45, 2.75) is 32.0 Å². The molecule has 3 heterocycles. The minimum Gasteiger partial charge on any atom is -0.271 e. The maximum atomic E-state index is 13.5. The van der Waals surface area contributed by atoms with Gasteiger partial charge in [-0.15, -0.1) is 13.2 Å². The van der Waals surface area contributed by atoms with E-state index in [1.54, 1.807) is 23.2 Å². The number of benzene rings is 1. The number of piperidine rings is 1. The summed E-state index contributed by atoms with van der Waals surface area (Å²) >= 11 is 0. The van der Waals surface area contributed by atoms with Gasteiger partial charge in [0.1, 0.15) is 0 Å². The van der Waals surface area contributed by atoms with Crippen molar-refractivity contribution in [3.8, 4) is 0 Å². The first-order valence-corrected chi connectivity index (χ1v) is 8.25. The smallest absolute Gasteiger partial charge is 0.271 e. The minimum atomic E-state index is -4.53. The predicted octanol–water partition coefficient (Wildman–Crippen LogP) is 3.52. The summed E-state index contributed by atoms with van der Waals surface area (Å²) < 4.78 is 41.0. The van der Waals surface area contributed by atoms with E-state index in [0.29, 0.717) is 16.5 Å². The van der Waals surface area contributed by atoms with Crippen molar-refractivity contribution < 1.29 is 18.0 Å². The van der Waals surface area contributed by atoms with Crippen LogP contribution in [0.25, 0.3) is 10.9 Å². The number of carbonyl (C=O) groups excluding carboxylic acids is 1. The Morgan fingerprint density at radius 2 is 1.67 bits per heavy atom. The Labute approximate surface area is 137 Å². The number of aromatic nitrogens is 1. The SMILES string of the molecule is O=C1c2c(n(C(F)(F)F)c3ccccc23)CCN1N1CCCCC1. The molecule has 0 unspecified atom stereocenters. The second-order valence-corrected chi connectivity index (χ2v) is 6.33. The fraction of sp³-hybridized carbons (Fsp3) is 0.471. The van der Waals surface area contributed by atoms with E-state index in [1.165, 1.54) is 6.07 Å². The quantitative estimate of drug-likeness (QED) is 0.797. The molecule has 2 aliphatic rings. The molecule has 0 bridgehead atoms. The highest BCUT2D eigenvalue weighted by atomic mass is 19.4. The number of halogens is 3. The lowest BCUT2D eigenvalue weighted by Gasteiger charge is -2.39. The summed E-state index contributed by atoms with van der Waals surface area (Å²) in [5.74, 6) is -0.308. The summed E-state index contributed by atoms with van der Waals surface area (Å²) in [4.78, 5) is 13.0. The lowest BCUT2D eigenvalue weighted by Crippen LogP contribution is -2.51. The molecule has 0 radical (unpaired) electrons. The summed E-state index contributed by atoms with van der Waals surface area (Å²) in [6.45, 7) is 1.89. The number of para-hydroxylation sites is 1. The van der Waals surface area contributed by atoms with Crippen LogP contribution in [0.5, 0.6) is 0 Å². The molecule has 1 amide bonds. The van der Waals surface area contributed by atoms with Crippen molar-refractivity contribution in [2.24, 2.45) is 0 Å². The minimum absolute atomic E-state index is 0.0591. The van der Waals surface area contributed by atoms with Crippen LogP contribution in [0.3, 0.4) is 0 Å². The number of hydrazine groups is 1. The van der Waals surface area contributed by atoms with E-state index in [-0.39, 0.29) is 29.1 Å². The van der Waals surface area contributed by atoms with Gasteiger partial charge in [0.25, 0.3) is 5.91 Å². The Morgan fingerprint density at radius 1 is 0.958 bits per heavy atom. The molecule has 128 valence electrons. The molecule has 1 saturated heterocycles. The highest BCUT2D eigenvalue weighted by Gasteiger charge is 2.41. The average Bonchev–Trinajstić information content (AvgIpc) is 2.91. The molecule has 0 spiro atoms. The summed E-state index contributed by atoms with van der Waals surface area (Å²) in [7, 11) is 0. The first-order valence-electron chi connectivity index (χ1n) is 8.25. The Kier molecular flexibility index (Phi) is 3.56. The van der Waals surface area contributed by atoms with Gasteiger partial charge in [0.05, 0.1) is 11.1 Å². The number of fused-ring (bicyclic) bond motifs is 3. The fourth-order valence-electron chi connectivity index (χ4n) is 3.89. The number of nitrogens with zero attached hydrogens (tertiary/aromatic N) is 3. The molecule has 4 rings (SSSR count). The standard InChI is InChI=1S/C17H18F3N3O/c18-17(19,20)23-13-7-3-2-6-12(13)15-14(23)8-11-22(16(15)24)21-9-4-1-5-10-21/h2-3,6-7H,1,4-5,8-11H2. The summed E-state index contributed by atoms with van der Waals surface area (Å²) in [5, 5.41) is 4.03. The van der Waals surface area contributed by atoms with Crippen molar-refractivity contribution in [1.29, 1.82) is 0 Å². The van der Waals surface area contributed by atoms with Crippen LogP contribution in [0, 0.1) is 0 Å². The van der Waals surface area contributed by atoms with Gasteiger partial charge in [-0.1, -0.05) is 24.6 Å². The van der Waals surface area contributed by atoms with E-state index < -0.39 is 6.30 Å². The van der Waals surface area contributed by atoms with Crippen LogP contribution < -0.4 is 0 Å². The Hall–Kier alpha value is -2.02. The molecule has 0 saturated carbocycles. The third-order valence-electron chi connectivity index (χ3n) is 4.91. The molecule has 4 nitrogen and oxygen atoms in total. The molecule has 1 fully saturated rings. The van der Waals surface area contributed by atoms with Gasteiger partial charge in [0.15, 0.2) is 0 Å². The van der Waals surface area contributed by atoms with Crippen LogP contribution in [0.15, 0.2) is 24.3 Å². The first kappa shape index (κ1) is 15.5. The van der Waals surface area contributed by atoms with Crippen LogP contribution in [0.1, 0.15) is 35.3 Å². The molecule has 0 N–H and O–H groups in total. The Morgan fingerprint density at radius 3 is 2.38 bits per heavy atom. The fourth-order valence-corrected chi connectivity index (χ4v) is 3.89. The monoisotopic (exact) mass is 337 g/mol. The second-order valence-electron chi connectivity index (χ2n) is 6.33. The molecule has 2 aromatic rings. The van der Waals surface area contributed by atoms with Gasteiger partial charge >= 0.3 is 6.30 Å². The summed E-state index contributed by atoms with van der Waals surface area (Å²) in [5.41, 5.74) is 0.352. The van der Waals surface area contributed by atoms with E-state index in [2.05, 4.69) is 0 Å². The molecular weight excluding hydrogens is 319 g/mol. The van der Waals surface area contributed by atoms with E-state index in [0.717, 1.165) is 32.4 Å². The van der Waals surface area contributed by atoms with E-state index in [9.17, 15) is 18.0 Å². The van der Waals surface area contributed by atoms with Gasteiger partial charge in [0, 0.05) is 37.1 Å². The molecule has 1 aromatic heterocycles. The van der Waals surface area contributed by atoms with E-state index >= 15 is 0 Å². The lowest BCUT2D eigenvalue weighted by atomic mass is 10.0. The van der Waals surface area contributed by atoms with Gasteiger partial charge in [-0.3, -0.25) is 14.4 Å². The Bertz CT molecular complexity index is 790. The van der Waals surface area contributed by atoms with Gasteiger partial charge in [-0.05, 0) is 18.9 Å². The Balaban J connectivity index is 1.84. The van der Waals surface area contributed by atoms with Gasteiger partial charge in [0.2, 0.25) is 0 Å². The van der Waals surface area contributed by atoms with Crippen molar-refractivity contribution in [3.63, 3.8) is 0 Å². The van der Waals surface area contributed by atoms with Gasteiger partial charge in [-0.2, -0.15) is 0 Å². The number of rotatable bonds is 1. The number of carbonyl (C=O) groups is 1. The lowest BCUT2D eigenvalue weighted by molar-refractivity contribution is -0.202. The topological polar surface area (TPSA) is 28.5 Å². The predicted molar refractivity (Wildman–Crippen MR) is 83.4 cm³/mol. The second kappa shape index (κ2) is 5.51. The van der Waals surface area contributed by atoms with Crippen LogP contribution in [0.4, 0.5) is 13.2 Å². The van der Waals surface area contributed by atoms with Gasteiger partial charge < -0.3 is 0 Å². The van der Waals surface area contributed by atoms with Gasteiger partial charge in [-0.25, -0.2) is 5.01 Å². The highest BCUT2D eigenvalue weighted by Crippen LogP contribution is 2.38. The molecule has 1 aromatic carbocycles. The normalized spacial score (nSPS) is 19.8. The molecule has 0 atom stereocenters. The third kappa shape index (κ3) is 2.30. The van der Waals surface area contributed by atoms with Crippen molar-refractivity contribution in [2.75, 3.05) is 19.6 Å². The van der Waals surface area contributed by atoms with Crippen LogP contribution in [-0.4, -0.2) is 40.1 Å². The average molecular weight is 337 g/mol. The number of hydrogen-bond acceptors (Lipinski definition) is 2.